The van der Waals surface area contributed by atoms with Gasteiger partial charge in [0.15, 0.2) is 5.69 Å². The van der Waals surface area contributed by atoms with Gasteiger partial charge in [-0.25, -0.2) is 4.68 Å². The monoisotopic (exact) mass is 505 g/mol. The van der Waals surface area contributed by atoms with Crippen LogP contribution in [0.15, 0.2) is 29.2 Å². The van der Waals surface area contributed by atoms with Crippen LogP contribution in [0, 0.1) is 0 Å². The van der Waals surface area contributed by atoms with Crippen molar-refractivity contribution < 1.29 is 32.6 Å². The molecule has 1 aliphatic heterocycles. The fraction of sp³-hybridized carbons (Fsp3) is 0.263. The van der Waals surface area contributed by atoms with Crippen molar-refractivity contribution in [2.75, 3.05) is 6.54 Å². The third-order valence-electron chi connectivity index (χ3n) is 4.25. The number of nitrogens with zero attached hydrogens (tertiary/aromatic N) is 3. The van der Waals surface area contributed by atoms with Gasteiger partial charge in [0.25, 0.3) is 5.91 Å². The number of aromatic nitrogens is 2. The Kier molecular flexibility index (Phi) is 7.16. The van der Waals surface area contributed by atoms with Crippen LogP contribution in [0.4, 0.5) is 13.2 Å². The Morgan fingerprint density at radius 3 is 2.59 bits per heavy atom. The van der Waals surface area contributed by atoms with Gasteiger partial charge in [0.2, 0.25) is 5.88 Å². The van der Waals surface area contributed by atoms with Gasteiger partial charge in [-0.3, -0.25) is 14.5 Å². The molecule has 1 aromatic heterocycles. The number of alkyl halides is 3. The summed E-state index contributed by atoms with van der Waals surface area (Å²) in [5.74, 6) is -1.64. The lowest BCUT2D eigenvalue weighted by atomic mass is 10.2. The molecule has 32 heavy (non-hydrogen) atoms. The number of carboxylic acids is 1. The van der Waals surface area contributed by atoms with Crippen molar-refractivity contribution >= 4 is 57.9 Å². The topological polar surface area (TPSA) is 84.7 Å². The molecule has 2 heterocycles. The van der Waals surface area contributed by atoms with Gasteiger partial charge in [0.05, 0.1) is 10.5 Å². The fourth-order valence-corrected chi connectivity index (χ4v) is 4.23. The molecule has 2 aromatic rings. The van der Waals surface area contributed by atoms with E-state index in [1.807, 2.05) is 0 Å². The summed E-state index contributed by atoms with van der Waals surface area (Å²) in [6, 6.07) is 5.99. The van der Waals surface area contributed by atoms with E-state index in [1.165, 1.54) is 31.3 Å². The summed E-state index contributed by atoms with van der Waals surface area (Å²) in [6.45, 7) is 0.0433. The highest BCUT2D eigenvalue weighted by Gasteiger charge is 2.40. The molecule has 1 N–H and O–H groups in total. The van der Waals surface area contributed by atoms with E-state index in [2.05, 4.69) is 5.10 Å². The maximum Gasteiger partial charge on any atom is 0.435 e. The zero-order valence-electron chi connectivity index (χ0n) is 16.4. The second-order valence-electron chi connectivity index (χ2n) is 6.58. The van der Waals surface area contributed by atoms with Crippen molar-refractivity contribution in [1.82, 2.24) is 14.7 Å². The smallest absolute Gasteiger partial charge is 0.435 e. The number of ether oxygens (including phenoxy) is 1. The van der Waals surface area contributed by atoms with Gasteiger partial charge in [0.1, 0.15) is 10.1 Å². The van der Waals surface area contributed by atoms with Gasteiger partial charge < -0.3 is 9.84 Å². The van der Waals surface area contributed by atoms with Crippen molar-refractivity contribution in [3.63, 3.8) is 0 Å². The highest BCUT2D eigenvalue weighted by Crippen LogP contribution is 2.41. The zero-order chi connectivity index (χ0) is 23.6. The number of rotatable bonds is 7. The number of aliphatic carboxylic acids is 1. The van der Waals surface area contributed by atoms with Crippen molar-refractivity contribution in [2.45, 2.75) is 19.0 Å². The number of thioether (sulfide) groups is 1. The third kappa shape index (κ3) is 5.43. The summed E-state index contributed by atoms with van der Waals surface area (Å²) in [7, 11) is 1.29. The molecule has 1 fully saturated rings. The van der Waals surface area contributed by atoms with Gasteiger partial charge in [-0.15, -0.1) is 0 Å². The number of amides is 1. The number of thiocarbonyl (C=S) groups is 1. The van der Waals surface area contributed by atoms with E-state index in [1.54, 1.807) is 0 Å². The Morgan fingerprint density at radius 1 is 1.34 bits per heavy atom. The average molecular weight is 506 g/mol. The van der Waals surface area contributed by atoms with Gasteiger partial charge in [0, 0.05) is 25.0 Å². The highest BCUT2D eigenvalue weighted by molar-refractivity contribution is 8.26. The number of hydrogen-bond donors (Lipinski definition) is 1. The van der Waals surface area contributed by atoms with Crippen LogP contribution in [0.2, 0.25) is 5.02 Å². The fourth-order valence-electron chi connectivity index (χ4n) is 2.81. The van der Waals surface area contributed by atoms with E-state index < -0.39 is 29.3 Å². The first-order chi connectivity index (χ1) is 15.0. The standard InChI is InChI=1S/C19H15ClF3N3O4S2/c1-25-17(30-11-6-4-10(20)5-7-11)12(15(24-25)19(21,22)23)9-13-16(29)26(18(31)32-13)8-2-3-14(27)28/h4-7,9H,2-3,8H2,1H3,(H,27,28)/b13-9+. The molecule has 170 valence electrons. The molecule has 1 amide bonds. The number of benzene rings is 1. The van der Waals surface area contributed by atoms with Crippen LogP contribution < -0.4 is 4.74 Å². The SMILES string of the molecule is Cn1nc(C(F)(F)F)c(/C=C2/SC(=S)N(CCCC(=O)O)C2=O)c1Oc1ccc(Cl)cc1. The van der Waals surface area contributed by atoms with Gasteiger partial charge in [-0.2, -0.15) is 18.3 Å². The van der Waals surface area contributed by atoms with E-state index in [0.29, 0.717) is 5.02 Å². The number of carbonyl (C=O) groups is 2. The lowest BCUT2D eigenvalue weighted by Crippen LogP contribution is -2.29. The molecular weight excluding hydrogens is 491 g/mol. The molecule has 0 saturated carbocycles. The summed E-state index contributed by atoms with van der Waals surface area (Å²) in [6.07, 6.45) is -3.78. The summed E-state index contributed by atoms with van der Waals surface area (Å²) >= 11 is 11.8. The van der Waals surface area contributed by atoms with Crippen LogP contribution in [0.25, 0.3) is 6.08 Å². The van der Waals surface area contributed by atoms with E-state index in [-0.39, 0.29) is 40.2 Å². The van der Waals surface area contributed by atoms with Crippen molar-refractivity contribution in [1.29, 1.82) is 0 Å². The maximum atomic E-state index is 13.6. The Labute approximate surface area is 194 Å². The molecule has 3 rings (SSSR count). The van der Waals surface area contributed by atoms with Crippen LogP contribution in [0.3, 0.4) is 0 Å². The lowest BCUT2D eigenvalue weighted by molar-refractivity contribution is -0.141. The molecule has 13 heteroatoms. The molecule has 0 bridgehead atoms. The Morgan fingerprint density at radius 2 is 2.00 bits per heavy atom. The quantitative estimate of drug-likeness (QED) is 0.421. The van der Waals surface area contributed by atoms with Crippen LogP contribution >= 0.6 is 35.6 Å². The van der Waals surface area contributed by atoms with E-state index in [9.17, 15) is 22.8 Å². The predicted molar refractivity (Wildman–Crippen MR) is 116 cm³/mol. The largest absolute Gasteiger partial charge is 0.481 e. The van der Waals surface area contributed by atoms with E-state index >= 15 is 0 Å². The minimum Gasteiger partial charge on any atom is -0.481 e. The first kappa shape index (κ1) is 24.1. The lowest BCUT2D eigenvalue weighted by Gasteiger charge is -2.13. The molecule has 1 aromatic carbocycles. The van der Waals surface area contributed by atoms with Crippen molar-refractivity contribution in [3.05, 3.63) is 45.5 Å². The second-order valence-corrected chi connectivity index (χ2v) is 8.69. The average Bonchev–Trinajstić information content (AvgIpc) is 3.15. The minimum atomic E-state index is -4.81. The van der Waals surface area contributed by atoms with E-state index in [4.69, 9.17) is 33.7 Å². The van der Waals surface area contributed by atoms with Gasteiger partial charge in [-0.05, 0) is 36.8 Å². The van der Waals surface area contributed by atoms with Gasteiger partial charge in [-0.1, -0.05) is 35.6 Å². The third-order valence-corrected chi connectivity index (χ3v) is 5.88. The van der Waals surface area contributed by atoms with E-state index in [0.717, 1.165) is 27.4 Å². The van der Waals surface area contributed by atoms with Crippen molar-refractivity contribution in [3.8, 4) is 11.6 Å². The van der Waals surface area contributed by atoms with Gasteiger partial charge >= 0.3 is 12.1 Å². The number of carboxylic acid groups (broad SMARTS) is 1. The Hall–Kier alpha value is -2.57. The summed E-state index contributed by atoms with van der Waals surface area (Å²) in [4.78, 5) is 24.5. The van der Waals surface area contributed by atoms with Crippen LogP contribution in [0.1, 0.15) is 24.1 Å². The molecular formula is C19H15ClF3N3O4S2. The Bertz CT molecular complexity index is 1100. The molecule has 0 spiro atoms. The first-order valence-corrected chi connectivity index (χ1v) is 10.6. The first-order valence-electron chi connectivity index (χ1n) is 9.02. The van der Waals surface area contributed by atoms with Crippen LogP contribution in [-0.2, 0) is 22.8 Å². The molecule has 1 aliphatic rings. The van der Waals surface area contributed by atoms with Crippen molar-refractivity contribution in [2.24, 2.45) is 7.05 Å². The second kappa shape index (κ2) is 9.51. The highest BCUT2D eigenvalue weighted by atomic mass is 35.5. The predicted octanol–water partition coefficient (Wildman–Crippen LogP) is 4.95. The minimum absolute atomic E-state index is 0.0433. The van der Waals surface area contributed by atoms with Crippen LogP contribution in [-0.4, -0.2) is 42.5 Å². The summed E-state index contributed by atoms with van der Waals surface area (Å²) in [5.41, 5.74) is -1.65. The normalized spacial score (nSPS) is 15.7. The number of aryl methyl sites for hydroxylation is 1. The molecule has 0 aliphatic carbocycles. The molecule has 1 saturated heterocycles. The Balaban J connectivity index is 1.97. The molecule has 0 unspecified atom stereocenters. The number of hydrogen-bond acceptors (Lipinski definition) is 6. The molecule has 7 nitrogen and oxygen atoms in total. The molecule has 0 atom stereocenters. The zero-order valence-corrected chi connectivity index (χ0v) is 18.7. The maximum absolute atomic E-state index is 13.6. The number of carbonyl (C=O) groups excluding carboxylic acids is 1. The summed E-state index contributed by atoms with van der Waals surface area (Å²) < 4.78 is 47.6. The molecule has 0 radical (unpaired) electrons. The summed E-state index contributed by atoms with van der Waals surface area (Å²) in [5, 5.41) is 12.7. The van der Waals surface area contributed by atoms with Crippen LogP contribution in [0.5, 0.6) is 11.6 Å². The number of halogens is 4.